The normalized spacial score (nSPS) is 11.1. The fraction of sp³-hybridized carbons (Fsp3) is 0.150. The first kappa shape index (κ1) is 16.1. The van der Waals surface area contributed by atoms with Gasteiger partial charge in [0, 0.05) is 30.8 Å². The Kier molecular flexibility index (Phi) is 4.23. The van der Waals surface area contributed by atoms with Gasteiger partial charge in [0.15, 0.2) is 0 Å². The lowest BCUT2D eigenvalue weighted by molar-refractivity contribution is 0.746. The Hall–Kier alpha value is -3.41. The first-order valence-corrected chi connectivity index (χ1v) is 8.49. The van der Waals surface area contributed by atoms with Crippen molar-refractivity contribution in [3.05, 3.63) is 89.6 Å². The number of aromatic amines is 1. The molecule has 0 aliphatic carbocycles. The smallest absolute Gasteiger partial charge is 0.112 e. The Balaban J connectivity index is 1.65. The zero-order chi connectivity index (χ0) is 17.9. The van der Waals surface area contributed by atoms with Crippen molar-refractivity contribution in [2.75, 3.05) is 0 Å². The summed E-state index contributed by atoms with van der Waals surface area (Å²) in [7, 11) is 0. The zero-order valence-electron chi connectivity index (χ0n) is 14.4. The monoisotopic (exact) mass is 344 g/mol. The Morgan fingerprint density at radius 1 is 1.12 bits per heavy atom. The summed E-state index contributed by atoms with van der Waals surface area (Å²) in [4.78, 5) is 4.65. The molecule has 0 fully saturated rings. The van der Waals surface area contributed by atoms with Crippen LogP contribution in [0.4, 0.5) is 0 Å². The highest BCUT2D eigenvalue weighted by molar-refractivity contribution is 5.74. The van der Waals surface area contributed by atoms with Gasteiger partial charge in [0.1, 0.15) is 5.52 Å². The lowest BCUT2D eigenvalue weighted by Gasteiger charge is -2.11. The average molecular weight is 344 g/mol. The number of benzene rings is 2. The van der Waals surface area contributed by atoms with E-state index in [1.165, 1.54) is 5.56 Å². The van der Waals surface area contributed by atoms with E-state index in [0.29, 0.717) is 18.7 Å². The fourth-order valence-corrected chi connectivity index (χ4v) is 3.13. The van der Waals surface area contributed by atoms with E-state index < -0.39 is 0 Å². The number of nitrogens with one attached hydrogen (secondary N) is 1. The highest BCUT2D eigenvalue weighted by atomic mass is 15.3. The number of hydrogen-bond acceptors (Lipinski definition) is 4. The minimum atomic E-state index is 0.607. The largest absolute Gasteiger partial charge is 0.402 e. The highest BCUT2D eigenvalue weighted by Gasteiger charge is 2.13. The standard InChI is InChI=1S/C20H20N6/c1-14(21)9-20-19(10-15-5-3-2-4-6-15)22-13-26(20)12-16-7-8-17-18(11-16)24-25-23-17/h2-8,11,13H,1,9-10,12,21H2,(H,23,24,25). The van der Waals surface area contributed by atoms with Gasteiger partial charge in [-0.05, 0) is 23.3 Å². The van der Waals surface area contributed by atoms with Crippen molar-refractivity contribution < 1.29 is 0 Å². The lowest BCUT2D eigenvalue weighted by atomic mass is 10.1. The Morgan fingerprint density at radius 2 is 1.96 bits per heavy atom. The van der Waals surface area contributed by atoms with Crippen LogP contribution in [0, 0.1) is 0 Å². The second-order valence-corrected chi connectivity index (χ2v) is 6.43. The first-order chi connectivity index (χ1) is 12.7. The van der Waals surface area contributed by atoms with E-state index >= 15 is 0 Å². The van der Waals surface area contributed by atoms with Crippen LogP contribution in [0.3, 0.4) is 0 Å². The molecule has 4 rings (SSSR count). The molecule has 4 aromatic rings. The summed E-state index contributed by atoms with van der Waals surface area (Å²) in [6.07, 6.45) is 3.27. The quantitative estimate of drug-likeness (QED) is 0.563. The van der Waals surface area contributed by atoms with Crippen LogP contribution in [0.25, 0.3) is 11.0 Å². The molecule has 0 aliphatic rings. The van der Waals surface area contributed by atoms with Gasteiger partial charge >= 0.3 is 0 Å². The summed E-state index contributed by atoms with van der Waals surface area (Å²) in [6, 6.07) is 16.4. The zero-order valence-corrected chi connectivity index (χ0v) is 14.4. The molecule has 0 radical (unpaired) electrons. The Morgan fingerprint density at radius 3 is 2.77 bits per heavy atom. The minimum absolute atomic E-state index is 0.607. The van der Waals surface area contributed by atoms with Gasteiger partial charge in [0.2, 0.25) is 0 Å². The summed E-state index contributed by atoms with van der Waals surface area (Å²) >= 11 is 0. The van der Waals surface area contributed by atoms with Crippen molar-refractivity contribution >= 4 is 11.0 Å². The van der Waals surface area contributed by atoms with Crippen molar-refractivity contribution in [2.45, 2.75) is 19.4 Å². The summed E-state index contributed by atoms with van der Waals surface area (Å²) < 4.78 is 2.14. The topological polar surface area (TPSA) is 85.4 Å². The molecule has 2 aromatic heterocycles. The van der Waals surface area contributed by atoms with Crippen LogP contribution in [-0.2, 0) is 19.4 Å². The van der Waals surface area contributed by atoms with Crippen molar-refractivity contribution in [1.29, 1.82) is 0 Å². The molecular weight excluding hydrogens is 324 g/mol. The van der Waals surface area contributed by atoms with Crippen molar-refractivity contribution in [3.8, 4) is 0 Å². The molecule has 26 heavy (non-hydrogen) atoms. The van der Waals surface area contributed by atoms with Gasteiger partial charge in [-0.1, -0.05) is 48.2 Å². The molecule has 0 saturated heterocycles. The third-order valence-corrected chi connectivity index (χ3v) is 4.38. The predicted octanol–water partition coefficient (Wildman–Crippen LogP) is 2.81. The lowest BCUT2D eigenvalue weighted by Crippen LogP contribution is -2.09. The van der Waals surface area contributed by atoms with Crippen LogP contribution in [-0.4, -0.2) is 25.0 Å². The first-order valence-electron chi connectivity index (χ1n) is 8.49. The van der Waals surface area contributed by atoms with Crippen molar-refractivity contribution in [3.63, 3.8) is 0 Å². The van der Waals surface area contributed by atoms with Gasteiger partial charge < -0.3 is 10.3 Å². The van der Waals surface area contributed by atoms with E-state index in [0.717, 1.165) is 34.4 Å². The molecule has 0 amide bonds. The summed E-state index contributed by atoms with van der Waals surface area (Å²) in [5, 5.41) is 10.8. The molecule has 6 heteroatoms. The number of H-pyrrole nitrogens is 1. The van der Waals surface area contributed by atoms with Crippen molar-refractivity contribution in [1.82, 2.24) is 25.0 Å². The van der Waals surface area contributed by atoms with Gasteiger partial charge in [-0.25, -0.2) is 4.98 Å². The number of hydrogen-bond donors (Lipinski definition) is 2. The van der Waals surface area contributed by atoms with Crippen LogP contribution in [0.5, 0.6) is 0 Å². The number of allylic oxidation sites excluding steroid dienone is 1. The second-order valence-electron chi connectivity index (χ2n) is 6.43. The van der Waals surface area contributed by atoms with E-state index in [4.69, 9.17) is 5.73 Å². The van der Waals surface area contributed by atoms with Gasteiger partial charge in [-0.2, -0.15) is 0 Å². The van der Waals surface area contributed by atoms with Gasteiger partial charge in [-0.3, -0.25) is 5.10 Å². The molecule has 0 spiro atoms. The van der Waals surface area contributed by atoms with E-state index in [9.17, 15) is 0 Å². The third-order valence-electron chi connectivity index (χ3n) is 4.38. The van der Waals surface area contributed by atoms with Gasteiger partial charge in [0.25, 0.3) is 0 Å². The van der Waals surface area contributed by atoms with E-state index in [-0.39, 0.29) is 0 Å². The number of nitrogens with zero attached hydrogens (tertiary/aromatic N) is 4. The maximum Gasteiger partial charge on any atom is 0.112 e. The number of nitrogens with two attached hydrogens (primary N) is 1. The maximum absolute atomic E-state index is 5.91. The molecule has 0 unspecified atom stereocenters. The molecule has 0 atom stereocenters. The second kappa shape index (κ2) is 6.84. The van der Waals surface area contributed by atoms with Crippen molar-refractivity contribution in [2.24, 2.45) is 5.73 Å². The SMILES string of the molecule is C=C(N)Cc1c(Cc2ccccc2)ncn1Cc1ccc2nn[nH]c2c1. The molecule has 2 heterocycles. The fourth-order valence-electron chi connectivity index (χ4n) is 3.13. The molecule has 0 saturated carbocycles. The molecule has 6 nitrogen and oxygen atoms in total. The average Bonchev–Trinajstić information content (AvgIpc) is 3.24. The Bertz CT molecular complexity index is 1040. The maximum atomic E-state index is 5.91. The third kappa shape index (κ3) is 3.35. The minimum Gasteiger partial charge on any atom is -0.402 e. The summed E-state index contributed by atoms with van der Waals surface area (Å²) in [5.74, 6) is 0. The molecule has 2 aromatic carbocycles. The van der Waals surface area contributed by atoms with Gasteiger partial charge in [0.05, 0.1) is 17.5 Å². The Labute approximate surface area is 151 Å². The van der Waals surface area contributed by atoms with Crippen LogP contribution in [0.15, 0.2) is 67.1 Å². The van der Waals surface area contributed by atoms with Crippen LogP contribution < -0.4 is 5.73 Å². The predicted molar refractivity (Wildman–Crippen MR) is 101 cm³/mol. The number of imidazole rings is 1. The highest BCUT2D eigenvalue weighted by Crippen LogP contribution is 2.18. The van der Waals surface area contributed by atoms with Crippen LogP contribution >= 0.6 is 0 Å². The van der Waals surface area contributed by atoms with E-state index in [1.807, 2.05) is 30.6 Å². The molecule has 0 aliphatic heterocycles. The van der Waals surface area contributed by atoms with Crippen LogP contribution in [0.2, 0.25) is 0 Å². The molecule has 130 valence electrons. The van der Waals surface area contributed by atoms with Gasteiger partial charge in [-0.15, -0.1) is 5.10 Å². The van der Waals surface area contributed by atoms with Crippen LogP contribution in [0.1, 0.15) is 22.5 Å². The number of aromatic nitrogens is 5. The summed E-state index contributed by atoms with van der Waals surface area (Å²) in [5.41, 5.74) is 12.8. The van der Waals surface area contributed by atoms with E-state index in [2.05, 4.69) is 55.8 Å². The molecule has 0 bridgehead atoms. The van der Waals surface area contributed by atoms with E-state index in [1.54, 1.807) is 0 Å². The summed E-state index contributed by atoms with van der Waals surface area (Å²) in [6.45, 7) is 4.58. The molecular formula is C20H20N6. The number of fused-ring (bicyclic) bond motifs is 1. The number of rotatable bonds is 6. The molecule has 3 N–H and O–H groups in total.